The van der Waals surface area contributed by atoms with Crippen LogP contribution < -0.4 is 0 Å². The van der Waals surface area contributed by atoms with Gasteiger partial charge in [0.1, 0.15) is 0 Å². The van der Waals surface area contributed by atoms with Gasteiger partial charge in [-0.05, 0) is 5.56 Å². The van der Waals surface area contributed by atoms with Crippen molar-refractivity contribution in [1.29, 1.82) is 0 Å². The lowest BCUT2D eigenvalue weighted by Gasteiger charge is -1.99. The molecule has 0 aliphatic rings. The van der Waals surface area contributed by atoms with Crippen molar-refractivity contribution < 1.29 is 9.50 Å². The van der Waals surface area contributed by atoms with Crippen LogP contribution in [0.2, 0.25) is 0 Å². The van der Waals surface area contributed by atoms with Gasteiger partial charge in [-0.1, -0.05) is 30.3 Å². The maximum Gasteiger partial charge on any atom is 0.0928 e. The first-order valence-electron chi connectivity index (χ1n) is 3.34. The first-order chi connectivity index (χ1) is 5.38. The van der Waals surface area contributed by atoms with Gasteiger partial charge in [0.25, 0.3) is 0 Å². The fraction of sp³-hybridized carbons (Fsp3) is 0.111. The van der Waals surface area contributed by atoms with Gasteiger partial charge in [-0.15, -0.1) is 0 Å². The average molecular weight is 152 g/mol. The second kappa shape index (κ2) is 3.88. The minimum absolute atomic E-state index is 0.263. The van der Waals surface area contributed by atoms with Gasteiger partial charge in [0.2, 0.25) is 0 Å². The van der Waals surface area contributed by atoms with Crippen LogP contribution in [0.15, 0.2) is 36.7 Å². The molecule has 11 heavy (non-hydrogen) atoms. The van der Waals surface area contributed by atoms with Crippen LogP contribution in [-0.2, 0) is 0 Å². The van der Waals surface area contributed by atoms with Gasteiger partial charge in [-0.3, -0.25) is 0 Å². The van der Waals surface area contributed by atoms with Crippen molar-refractivity contribution in [2.24, 2.45) is 0 Å². The zero-order chi connectivity index (χ0) is 8.10. The molecule has 0 aliphatic carbocycles. The highest BCUT2D eigenvalue weighted by Crippen LogP contribution is 2.12. The molecule has 2 heteroatoms. The van der Waals surface area contributed by atoms with Gasteiger partial charge < -0.3 is 5.11 Å². The van der Waals surface area contributed by atoms with Crippen LogP contribution in [0.5, 0.6) is 0 Å². The van der Waals surface area contributed by atoms with Crippen LogP contribution in [0, 0.1) is 0 Å². The number of rotatable bonds is 2. The van der Waals surface area contributed by atoms with Crippen molar-refractivity contribution in [3.8, 4) is 0 Å². The lowest BCUT2D eigenvalue weighted by atomic mass is 10.1. The van der Waals surface area contributed by atoms with E-state index in [1.807, 2.05) is 6.07 Å². The third kappa shape index (κ3) is 1.88. The van der Waals surface area contributed by atoms with Gasteiger partial charge >= 0.3 is 0 Å². The molecule has 0 heterocycles. The molecular formula is C9H9FO. The number of hydrogen-bond donors (Lipinski definition) is 1. The average Bonchev–Trinajstić information content (AvgIpc) is 2.09. The van der Waals surface area contributed by atoms with E-state index < -0.39 is 0 Å². The quantitative estimate of drug-likeness (QED) is 0.687. The lowest BCUT2D eigenvalue weighted by molar-refractivity contribution is 0.348. The Morgan fingerprint density at radius 1 is 1.36 bits per heavy atom. The Kier molecular flexibility index (Phi) is 2.81. The summed E-state index contributed by atoms with van der Waals surface area (Å²) in [6.07, 6.45) is 0.426. The molecule has 1 aromatic rings. The summed E-state index contributed by atoms with van der Waals surface area (Å²) in [4.78, 5) is 0. The Bertz CT molecular complexity index is 241. The summed E-state index contributed by atoms with van der Waals surface area (Å²) < 4.78 is 12.0. The first-order valence-corrected chi connectivity index (χ1v) is 3.34. The van der Waals surface area contributed by atoms with Crippen molar-refractivity contribution >= 4 is 5.57 Å². The van der Waals surface area contributed by atoms with Gasteiger partial charge in [0.15, 0.2) is 0 Å². The van der Waals surface area contributed by atoms with Gasteiger partial charge in [0.05, 0.1) is 12.9 Å². The molecular weight excluding hydrogens is 143 g/mol. The smallest absolute Gasteiger partial charge is 0.0928 e. The molecule has 1 N–H and O–H groups in total. The van der Waals surface area contributed by atoms with Crippen LogP contribution >= 0.6 is 0 Å². The molecule has 1 rings (SSSR count). The van der Waals surface area contributed by atoms with E-state index in [2.05, 4.69) is 0 Å². The van der Waals surface area contributed by atoms with E-state index in [1.165, 1.54) is 0 Å². The van der Waals surface area contributed by atoms with Gasteiger partial charge in [0, 0.05) is 5.57 Å². The summed E-state index contributed by atoms with van der Waals surface area (Å²) in [5.74, 6) is 0. The van der Waals surface area contributed by atoms with E-state index in [1.54, 1.807) is 24.3 Å². The molecule has 0 aliphatic heterocycles. The standard InChI is InChI=1S/C9H9FO/c10-6-9(7-11)8-4-2-1-3-5-8/h1-6,11H,7H2/b9-6+. The topological polar surface area (TPSA) is 20.2 Å². The third-order valence-electron chi connectivity index (χ3n) is 1.45. The zero-order valence-corrected chi connectivity index (χ0v) is 6.00. The minimum Gasteiger partial charge on any atom is -0.392 e. The third-order valence-corrected chi connectivity index (χ3v) is 1.45. The second-order valence-electron chi connectivity index (χ2n) is 2.16. The molecule has 0 aromatic heterocycles. The molecule has 0 unspecified atom stereocenters. The summed E-state index contributed by atoms with van der Waals surface area (Å²) in [6.45, 7) is -0.263. The molecule has 0 spiro atoms. The zero-order valence-electron chi connectivity index (χ0n) is 6.00. The molecule has 1 nitrogen and oxygen atoms in total. The maximum absolute atomic E-state index is 12.0. The Hall–Kier alpha value is -1.15. The minimum atomic E-state index is -0.263. The number of benzene rings is 1. The highest BCUT2D eigenvalue weighted by molar-refractivity contribution is 5.64. The number of halogens is 1. The van der Waals surface area contributed by atoms with E-state index >= 15 is 0 Å². The SMILES string of the molecule is OC/C(=C\F)c1ccccc1. The lowest BCUT2D eigenvalue weighted by Crippen LogP contribution is -1.88. The fourth-order valence-electron chi connectivity index (χ4n) is 0.841. The Labute approximate surface area is 64.8 Å². The Balaban J connectivity index is 2.92. The van der Waals surface area contributed by atoms with Gasteiger partial charge in [-0.2, -0.15) is 0 Å². The number of aliphatic hydroxyl groups excluding tert-OH is 1. The van der Waals surface area contributed by atoms with E-state index in [0.717, 1.165) is 5.56 Å². The van der Waals surface area contributed by atoms with Crippen LogP contribution in [0.25, 0.3) is 5.57 Å². The molecule has 0 saturated heterocycles. The summed E-state index contributed by atoms with van der Waals surface area (Å²) in [7, 11) is 0. The molecule has 0 radical (unpaired) electrons. The summed E-state index contributed by atoms with van der Waals surface area (Å²) in [5, 5.41) is 8.67. The van der Waals surface area contributed by atoms with Crippen molar-refractivity contribution in [1.82, 2.24) is 0 Å². The van der Waals surface area contributed by atoms with E-state index in [0.29, 0.717) is 11.9 Å². The van der Waals surface area contributed by atoms with Crippen molar-refractivity contribution in [3.63, 3.8) is 0 Å². The summed E-state index contributed by atoms with van der Waals surface area (Å²) >= 11 is 0. The summed E-state index contributed by atoms with van der Waals surface area (Å²) in [5.41, 5.74) is 1.03. The first kappa shape index (κ1) is 7.95. The van der Waals surface area contributed by atoms with Gasteiger partial charge in [-0.25, -0.2) is 4.39 Å². The second-order valence-corrected chi connectivity index (χ2v) is 2.16. The monoisotopic (exact) mass is 152 g/mol. The molecule has 0 atom stereocenters. The number of aliphatic hydroxyl groups is 1. The normalized spacial score (nSPS) is 11.6. The number of hydrogen-bond acceptors (Lipinski definition) is 1. The predicted octanol–water partition coefficient (Wildman–Crippen LogP) is 1.99. The highest BCUT2D eigenvalue weighted by atomic mass is 19.1. The fourth-order valence-corrected chi connectivity index (χ4v) is 0.841. The van der Waals surface area contributed by atoms with Crippen LogP contribution in [0.1, 0.15) is 5.56 Å². The molecule has 1 aromatic carbocycles. The van der Waals surface area contributed by atoms with E-state index in [-0.39, 0.29) is 6.61 Å². The van der Waals surface area contributed by atoms with Crippen LogP contribution in [0.4, 0.5) is 4.39 Å². The molecule has 58 valence electrons. The van der Waals surface area contributed by atoms with Crippen LogP contribution in [0.3, 0.4) is 0 Å². The molecule has 0 amide bonds. The predicted molar refractivity (Wildman–Crippen MR) is 42.6 cm³/mol. The molecule has 0 fully saturated rings. The highest BCUT2D eigenvalue weighted by Gasteiger charge is 1.96. The van der Waals surface area contributed by atoms with Crippen molar-refractivity contribution in [3.05, 3.63) is 42.2 Å². The van der Waals surface area contributed by atoms with E-state index in [9.17, 15) is 4.39 Å². The summed E-state index contributed by atoms with van der Waals surface area (Å²) in [6, 6.07) is 8.95. The Morgan fingerprint density at radius 2 is 2.00 bits per heavy atom. The largest absolute Gasteiger partial charge is 0.392 e. The molecule has 0 bridgehead atoms. The van der Waals surface area contributed by atoms with Crippen molar-refractivity contribution in [2.75, 3.05) is 6.61 Å². The maximum atomic E-state index is 12.0. The molecule has 0 saturated carbocycles. The van der Waals surface area contributed by atoms with Crippen molar-refractivity contribution in [2.45, 2.75) is 0 Å². The Morgan fingerprint density at radius 3 is 2.45 bits per heavy atom. The van der Waals surface area contributed by atoms with E-state index in [4.69, 9.17) is 5.11 Å². The van der Waals surface area contributed by atoms with Crippen LogP contribution in [-0.4, -0.2) is 11.7 Å².